The highest BCUT2D eigenvalue weighted by Gasteiger charge is 2.19. The van der Waals surface area contributed by atoms with E-state index in [9.17, 15) is 4.79 Å². The smallest absolute Gasteiger partial charge is 0.222 e. The third-order valence-corrected chi connectivity index (χ3v) is 5.55. The fraction of sp³-hybridized carbons (Fsp3) is 0.462. The molecule has 1 aliphatic heterocycles. The van der Waals surface area contributed by atoms with Crippen molar-refractivity contribution < 1.29 is 9.53 Å². The molecule has 1 saturated heterocycles. The molecule has 0 radical (unpaired) electrons. The molecule has 1 unspecified atom stereocenters. The van der Waals surface area contributed by atoms with Gasteiger partial charge in [0.05, 0.1) is 12.6 Å². The van der Waals surface area contributed by atoms with Crippen LogP contribution in [0.1, 0.15) is 55.9 Å². The summed E-state index contributed by atoms with van der Waals surface area (Å²) in [6.07, 6.45) is 2.65. The quantitative estimate of drug-likeness (QED) is 0.181. The van der Waals surface area contributed by atoms with Crippen LogP contribution in [0.5, 0.6) is 0 Å². The second-order valence-electron chi connectivity index (χ2n) is 8.14. The summed E-state index contributed by atoms with van der Waals surface area (Å²) in [5.41, 5.74) is 3.51. The van der Waals surface area contributed by atoms with Gasteiger partial charge in [0.15, 0.2) is 5.96 Å². The maximum atomic E-state index is 11.9. The molecule has 1 amide bonds. The number of ether oxygens (including phenoxy) is 1. The van der Waals surface area contributed by atoms with Gasteiger partial charge in [0.2, 0.25) is 5.91 Å². The Bertz CT molecular complexity index is 876. The predicted octanol–water partition coefficient (Wildman–Crippen LogP) is 4.65. The molecule has 6 nitrogen and oxygen atoms in total. The minimum atomic E-state index is 0. The molecule has 2 N–H and O–H groups in total. The Morgan fingerprint density at radius 3 is 2.64 bits per heavy atom. The summed E-state index contributed by atoms with van der Waals surface area (Å²) in [6.45, 7) is 8.60. The highest BCUT2D eigenvalue weighted by molar-refractivity contribution is 14.0. The van der Waals surface area contributed by atoms with Crippen molar-refractivity contribution in [1.82, 2.24) is 15.5 Å². The normalized spacial score (nSPS) is 14.7. The molecule has 0 spiro atoms. The van der Waals surface area contributed by atoms with Gasteiger partial charge >= 0.3 is 0 Å². The van der Waals surface area contributed by atoms with E-state index < -0.39 is 0 Å². The number of amides is 1. The van der Waals surface area contributed by atoms with Crippen LogP contribution in [-0.4, -0.2) is 43.0 Å². The number of hydrogen-bond acceptors (Lipinski definition) is 3. The molecular formula is C26H37IN4O2. The summed E-state index contributed by atoms with van der Waals surface area (Å²) in [6, 6.07) is 18.7. The van der Waals surface area contributed by atoms with Crippen LogP contribution >= 0.6 is 24.0 Å². The van der Waals surface area contributed by atoms with E-state index in [1.165, 1.54) is 5.56 Å². The Balaban J connectivity index is 0.00000385. The molecule has 2 aromatic rings. The van der Waals surface area contributed by atoms with Crippen LogP contribution in [0.4, 0.5) is 0 Å². The average molecular weight is 565 g/mol. The summed E-state index contributed by atoms with van der Waals surface area (Å²) in [5.74, 6) is 1.07. The van der Waals surface area contributed by atoms with Crippen LogP contribution < -0.4 is 10.6 Å². The fourth-order valence-electron chi connectivity index (χ4n) is 3.79. The van der Waals surface area contributed by atoms with Crippen molar-refractivity contribution in [2.45, 2.75) is 52.3 Å². The van der Waals surface area contributed by atoms with Crippen molar-refractivity contribution in [1.29, 1.82) is 0 Å². The SMILES string of the molecule is CCNC(=NCc1cccc(CN2CCCC2=O)c1)NCCCOC(C)c1ccccc1.I. The monoisotopic (exact) mass is 564 g/mol. The van der Waals surface area contributed by atoms with Crippen molar-refractivity contribution in [2.24, 2.45) is 4.99 Å². The van der Waals surface area contributed by atoms with Gasteiger partial charge in [-0.15, -0.1) is 24.0 Å². The first-order chi connectivity index (χ1) is 15.7. The van der Waals surface area contributed by atoms with Gasteiger partial charge in [0.1, 0.15) is 0 Å². The Morgan fingerprint density at radius 2 is 1.91 bits per heavy atom. The van der Waals surface area contributed by atoms with E-state index in [2.05, 4.69) is 54.8 Å². The molecule has 7 heteroatoms. The van der Waals surface area contributed by atoms with E-state index in [0.29, 0.717) is 26.1 Å². The molecular weight excluding hydrogens is 527 g/mol. The fourth-order valence-corrected chi connectivity index (χ4v) is 3.79. The standard InChI is InChI=1S/C26H36N4O2.HI/c1-3-27-26(28-15-9-17-32-21(2)24-12-5-4-6-13-24)29-19-22-10-7-11-23(18-22)20-30-16-8-14-25(30)31;/h4-7,10-13,18,21H,3,8-9,14-17,19-20H2,1-2H3,(H2,27,28,29);1H. The van der Waals surface area contributed by atoms with Crippen LogP contribution in [0.3, 0.4) is 0 Å². The lowest BCUT2D eigenvalue weighted by atomic mass is 10.1. The maximum Gasteiger partial charge on any atom is 0.222 e. The summed E-state index contributed by atoms with van der Waals surface area (Å²) >= 11 is 0. The van der Waals surface area contributed by atoms with Crippen molar-refractivity contribution in [3.63, 3.8) is 0 Å². The first kappa shape index (κ1) is 27.1. The first-order valence-electron chi connectivity index (χ1n) is 11.7. The van der Waals surface area contributed by atoms with Crippen LogP contribution in [0.25, 0.3) is 0 Å². The lowest BCUT2D eigenvalue weighted by Gasteiger charge is -2.16. The number of nitrogens with one attached hydrogen (secondary N) is 2. The number of benzene rings is 2. The maximum absolute atomic E-state index is 11.9. The highest BCUT2D eigenvalue weighted by atomic mass is 127. The largest absolute Gasteiger partial charge is 0.374 e. The van der Waals surface area contributed by atoms with Crippen molar-refractivity contribution >= 4 is 35.8 Å². The van der Waals surface area contributed by atoms with Gasteiger partial charge in [-0.3, -0.25) is 4.79 Å². The van der Waals surface area contributed by atoms with Gasteiger partial charge in [0, 0.05) is 39.2 Å². The number of guanidine groups is 1. The van der Waals surface area contributed by atoms with Gasteiger partial charge in [-0.25, -0.2) is 4.99 Å². The van der Waals surface area contributed by atoms with Gasteiger partial charge in [-0.05, 0) is 43.4 Å². The van der Waals surface area contributed by atoms with E-state index in [1.807, 2.05) is 29.2 Å². The van der Waals surface area contributed by atoms with Gasteiger partial charge in [-0.2, -0.15) is 0 Å². The summed E-state index contributed by atoms with van der Waals surface area (Å²) in [4.78, 5) is 18.5. The minimum absolute atomic E-state index is 0. The average Bonchev–Trinajstić information content (AvgIpc) is 3.22. The Hall–Kier alpha value is -2.13. The van der Waals surface area contributed by atoms with Crippen LogP contribution in [0, 0.1) is 0 Å². The first-order valence-corrected chi connectivity index (χ1v) is 11.7. The third-order valence-electron chi connectivity index (χ3n) is 5.55. The molecule has 3 rings (SSSR count). The van der Waals surface area contributed by atoms with E-state index in [0.717, 1.165) is 49.6 Å². The lowest BCUT2D eigenvalue weighted by Crippen LogP contribution is -2.38. The molecule has 180 valence electrons. The van der Waals surface area contributed by atoms with Crippen LogP contribution in [0.15, 0.2) is 59.6 Å². The predicted molar refractivity (Wildman–Crippen MR) is 145 cm³/mol. The lowest BCUT2D eigenvalue weighted by molar-refractivity contribution is -0.128. The second-order valence-corrected chi connectivity index (χ2v) is 8.14. The molecule has 1 aliphatic rings. The van der Waals surface area contributed by atoms with Crippen LogP contribution in [-0.2, 0) is 22.6 Å². The van der Waals surface area contributed by atoms with Crippen LogP contribution in [0.2, 0.25) is 0 Å². The number of carbonyl (C=O) groups is 1. The topological polar surface area (TPSA) is 66.0 Å². The third kappa shape index (κ3) is 9.33. The zero-order valence-electron chi connectivity index (χ0n) is 19.8. The van der Waals surface area contributed by atoms with Gasteiger partial charge < -0.3 is 20.3 Å². The molecule has 1 heterocycles. The van der Waals surface area contributed by atoms with E-state index in [4.69, 9.17) is 9.73 Å². The number of halogens is 1. The minimum Gasteiger partial charge on any atom is -0.374 e. The zero-order chi connectivity index (χ0) is 22.6. The van der Waals surface area contributed by atoms with Crippen molar-refractivity contribution in [2.75, 3.05) is 26.2 Å². The van der Waals surface area contributed by atoms with E-state index in [1.54, 1.807) is 0 Å². The van der Waals surface area contributed by atoms with E-state index >= 15 is 0 Å². The van der Waals surface area contributed by atoms with E-state index in [-0.39, 0.29) is 36.0 Å². The highest BCUT2D eigenvalue weighted by Crippen LogP contribution is 2.16. The Kier molecular flexibility index (Phi) is 12.2. The van der Waals surface area contributed by atoms with Gasteiger partial charge in [0.25, 0.3) is 0 Å². The molecule has 33 heavy (non-hydrogen) atoms. The number of hydrogen-bond donors (Lipinski definition) is 2. The number of aliphatic imine (C=N–C) groups is 1. The Labute approximate surface area is 215 Å². The molecule has 0 saturated carbocycles. The summed E-state index contributed by atoms with van der Waals surface area (Å²) in [5, 5.41) is 6.69. The molecule has 0 aliphatic carbocycles. The second kappa shape index (κ2) is 14.9. The molecule has 1 fully saturated rings. The number of rotatable bonds is 11. The summed E-state index contributed by atoms with van der Waals surface area (Å²) in [7, 11) is 0. The molecule has 0 bridgehead atoms. The number of nitrogens with zero attached hydrogens (tertiary/aromatic N) is 2. The molecule has 0 aromatic heterocycles. The Morgan fingerprint density at radius 1 is 1.12 bits per heavy atom. The number of likely N-dealkylation sites (tertiary alicyclic amines) is 1. The van der Waals surface area contributed by atoms with Crippen molar-refractivity contribution in [3.05, 3.63) is 71.3 Å². The van der Waals surface area contributed by atoms with Crippen molar-refractivity contribution in [3.8, 4) is 0 Å². The number of carbonyl (C=O) groups excluding carboxylic acids is 1. The molecule has 1 atom stereocenters. The summed E-state index contributed by atoms with van der Waals surface area (Å²) < 4.78 is 5.95. The molecule has 2 aromatic carbocycles. The zero-order valence-corrected chi connectivity index (χ0v) is 22.1. The van der Waals surface area contributed by atoms with Gasteiger partial charge in [-0.1, -0.05) is 54.6 Å².